The Hall–Kier alpha value is -3.17. The third-order valence-electron chi connectivity index (χ3n) is 6.32. The minimum absolute atomic E-state index is 0.0331. The molecule has 0 N–H and O–H groups in total. The van der Waals surface area contributed by atoms with Crippen LogP contribution in [0.2, 0.25) is 0 Å². The first kappa shape index (κ1) is 25.5. The molecule has 0 saturated carbocycles. The highest BCUT2D eigenvalue weighted by atomic mass is 32.2. The number of piperidine rings is 1. The summed E-state index contributed by atoms with van der Waals surface area (Å²) in [7, 11) is -1.85. The first-order valence-corrected chi connectivity index (χ1v) is 13.6. The fourth-order valence-corrected chi connectivity index (χ4v) is 5.31. The Morgan fingerprint density at radius 3 is 2.38 bits per heavy atom. The molecule has 37 heavy (non-hydrogen) atoms. The lowest BCUT2D eigenvalue weighted by molar-refractivity contribution is 0.118. The first-order chi connectivity index (χ1) is 17.7. The molecule has 3 aromatic rings. The van der Waals surface area contributed by atoms with Gasteiger partial charge >= 0.3 is 6.01 Å². The molecule has 12 nitrogen and oxygen atoms in total. The maximum atomic E-state index is 14.1. The van der Waals surface area contributed by atoms with Gasteiger partial charge in [-0.1, -0.05) is 6.07 Å². The summed E-state index contributed by atoms with van der Waals surface area (Å²) in [5.41, 5.74) is 0.602. The number of morpholine rings is 1. The number of halogens is 2. The Labute approximate surface area is 212 Å². The molecule has 0 spiro atoms. The summed E-state index contributed by atoms with van der Waals surface area (Å²) in [4.78, 5) is 19.4. The second-order valence-corrected chi connectivity index (χ2v) is 10.7. The van der Waals surface area contributed by atoms with Crippen LogP contribution >= 0.6 is 0 Å². The number of imidazole rings is 1. The molecule has 2 saturated heterocycles. The molecule has 1 aromatic carbocycles. The van der Waals surface area contributed by atoms with E-state index >= 15 is 0 Å². The molecule has 15 heteroatoms. The van der Waals surface area contributed by atoms with E-state index in [9.17, 15) is 17.2 Å². The van der Waals surface area contributed by atoms with Crippen molar-refractivity contribution < 1.29 is 31.4 Å². The molecule has 2 aliphatic rings. The van der Waals surface area contributed by atoms with Gasteiger partial charge in [-0.25, -0.2) is 26.5 Å². The van der Waals surface area contributed by atoms with Crippen molar-refractivity contribution in [2.24, 2.45) is 0 Å². The maximum Gasteiger partial charge on any atom is 0.323 e. The zero-order valence-electron chi connectivity index (χ0n) is 20.4. The molecule has 0 bridgehead atoms. The number of methoxy groups -OCH3 is 1. The van der Waals surface area contributed by atoms with E-state index in [1.165, 1.54) is 22.2 Å². The minimum Gasteiger partial charge on any atom is -0.494 e. The van der Waals surface area contributed by atoms with E-state index in [0.717, 1.165) is 0 Å². The summed E-state index contributed by atoms with van der Waals surface area (Å²) in [6.07, 6.45) is -1.21. The number of nitrogens with zero attached hydrogens (tertiary/aromatic N) is 7. The highest BCUT2D eigenvalue weighted by Crippen LogP contribution is 2.32. The van der Waals surface area contributed by atoms with Gasteiger partial charge in [-0.3, -0.25) is 4.57 Å². The van der Waals surface area contributed by atoms with Gasteiger partial charge in [0, 0.05) is 26.2 Å². The van der Waals surface area contributed by atoms with Crippen LogP contribution < -0.4 is 14.4 Å². The predicted molar refractivity (Wildman–Crippen MR) is 129 cm³/mol. The van der Waals surface area contributed by atoms with Crippen molar-refractivity contribution >= 4 is 27.0 Å². The summed E-state index contributed by atoms with van der Waals surface area (Å²) in [5.74, 6) is 0.00806. The van der Waals surface area contributed by atoms with Crippen molar-refractivity contribution in [3.63, 3.8) is 0 Å². The molecule has 0 amide bonds. The van der Waals surface area contributed by atoms with E-state index in [1.54, 1.807) is 18.2 Å². The lowest BCUT2D eigenvalue weighted by Gasteiger charge is -2.30. The smallest absolute Gasteiger partial charge is 0.323 e. The molecule has 2 aromatic heterocycles. The highest BCUT2D eigenvalue weighted by molar-refractivity contribution is 7.88. The number of fused-ring (bicyclic) bond motifs is 1. The Morgan fingerprint density at radius 2 is 1.73 bits per heavy atom. The molecule has 200 valence electrons. The van der Waals surface area contributed by atoms with E-state index in [0.29, 0.717) is 63.5 Å². The summed E-state index contributed by atoms with van der Waals surface area (Å²) in [6, 6.07) is 4.91. The number of benzene rings is 1. The molecular weight excluding hydrogens is 512 g/mol. The van der Waals surface area contributed by atoms with Crippen molar-refractivity contribution in [2.75, 3.05) is 57.7 Å². The van der Waals surface area contributed by atoms with Crippen LogP contribution in [0, 0.1) is 0 Å². The molecular formula is C22H27F2N7O5S. The van der Waals surface area contributed by atoms with Crippen molar-refractivity contribution in [1.82, 2.24) is 28.8 Å². The normalized spacial score (nSPS) is 18.0. The first-order valence-electron chi connectivity index (χ1n) is 11.8. The van der Waals surface area contributed by atoms with Gasteiger partial charge in [-0.15, -0.1) is 0 Å². The topological polar surface area (TPSA) is 125 Å². The zero-order valence-corrected chi connectivity index (χ0v) is 21.2. The Morgan fingerprint density at radius 1 is 1.03 bits per heavy atom. The molecule has 0 atom stereocenters. The van der Waals surface area contributed by atoms with E-state index in [1.807, 2.05) is 4.90 Å². The average Bonchev–Trinajstić information content (AvgIpc) is 3.29. The standard InChI is InChI=1S/C22H27F2N7O5S/c1-34-16-5-3-4-15-17(16)25-19(18(23)24)31(15)21-26-20(29-10-12-35-13-11-29)27-22(28-21)36-14-6-8-30(9-7-14)37(2,32)33/h3-5,14,18H,6-13H2,1-2H3. The number of hydrogen-bond donors (Lipinski definition) is 0. The third-order valence-corrected chi connectivity index (χ3v) is 7.62. The van der Waals surface area contributed by atoms with Crippen LogP contribution in [-0.4, -0.2) is 96.1 Å². The van der Waals surface area contributed by atoms with Gasteiger partial charge in [0.15, 0.2) is 5.82 Å². The SMILES string of the molecule is COc1cccc2c1nc(C(F)F)n2-c1nc(OC2CCN(S(C)(=O)=O)CC2)nc(N2CCOCC2)n1. The van der Waals surface area contributed by atoms with Crippen LogP contribution in [0.3, 0.4) is 0 Å². The second kappa shape index (κ2) is 10.3. The number of aromatic nitrogens is 5. The molecule has 0 aliphatic carbocycles. The van der Waals surface area contributed by atoms with Crippen LogP contribution in [-0.2, 0) is 14.8 Å². The molecule has 2 fully saturated rings. The maximum absolute atomic E-state index is 14.1. The van der Waals surface area contributed by atoms with Gasteiger partial charge in [-0.05, 0) is 25.0 Å². The fraction of sp³-hybridized carbons (Fsp3) is 0.545. The Balaban J connectivity index is 1.55. The van der Waals surface area contributed by atoms with Crippen molar-refractivity contribution in [3.05, 3.63) is 24.0 Å². The summed E-state index contributed by atoms with van der Waals surface area (Å²) in [5, 5.41) is 0. The number of alkyl halides is 2. The van der Waals surface area contributed by atoms with Crippen LogP contribution in [0.1, 0.15) is 25.1 Å². The van der Waals surface area contributed by atoms with Crippen molar-refractivity contribution in [1.29, 1.82) is 0 Å². The largest absolute Gasteiger partial charge is 0.494 e. The number of sulfonamides is 1. The number of rotatable bonds is 7. The molecule has 5 rings (SSSR count). The number of ether oxygens (including phenoxy) is 3. The third kappa shape index (κ3) is 5.29. The Kier molecular flexibility index (Phi) is 7.09. The van der Waals surface area contributed by atoms with Gasteiger partial charge < -0.3 is 19.1 Å². The zero-order chi connectivity index (χ0) is 26.2. The number of para-hydroxylation sites is 1. The Bertz CT molecular complexity index is 1370. The van der Waals surface area contributed by atoms with Gasteiger partial charge in [0.05, 0.1) is 32.1 Å². The highest BCUT2D eigenvalue weighted by Gasteiger charge is 2.29. The second-order valence-electron chi connectivity index (χ2n) is 8.73. The number of anilines is 1. The van der Waals surface area contributed by atoms with Gasteiger partial charge in [0.25, 0.3) is 6.43 Å². The van der Waals surface area contributed by atoms with E-state index in [2.05, 4.69) is 19.9 Å². The van der Waals surface area contributed by atoms with Gasteiger partial charge in [-0.2, -0.15) is 15.0 Å². The predicted octanol–water partition coefficient (Wildman–Crippen LogP) is 1.80. The van der Waals surface area contributed by atoms with Gasteiger partial charge in [0.2, 0.25) is 21.9 Å². The summed E-state index contributed by atoms with van der Waals surface area (Å²) >= 11 is 0. The lowest BCUT2D eigenvalue weighted by Crippen LogP contribution is -2.41. The average molecular weight is 540 g/mol. The number of hydrogen-bond acceptors (Lipinski definition) is 10. The van der Waals surface area contributed by atoms with Crippen LogP contribution in [0.5, 0.6) is 11.8 Å². The quantitative estimate of drug-likeness (QED) is 0.439. The van der Waals surface area contributed by atoms with Crippen LogP contribution in [0.25, 0.3) is 17.0 Å². The lowest BCUT2D eigenvalue weighted by atomic mass is 10.1. The van der Waals surface area contributed by atoms with E-state index in [-0.39, 0.29) is 29.5 Å². The van der Waals surface area contributed by atoms with Crippen LogP contribution in [0.15, 0.2) is 18.2 Å². The molecule has 0 radical (unpaired) electrons. The fourth-order valence-electron chi connectivity index (χ4n) is 4.44. The molecule has 4 heterocycles. The molecule has 0 unspecified atom stereocenters. The monoisotopic (exact) mass is 539 g/mol. The van der Waals surface area contributed by atoms with E-state index in [4.69, 9.17) is 14.2 Å². The summed E-state index contributed by atoms with van der Waals surface area (Å²) < 4.78 is 71.3. The molecule has 2 aliphatic heterocycles. The minimum atomic E-state index is -3.29. The van der Waals surface area contributed by atoms with E-state index < -0.39 is 22.3 Å². The van der Waals surface area contributed by atoms with Crippen molar-refractivity contribution in [3.8, 4) is 17.7 Å². The van der Waals surface area contributed by atoms with Gasteiger partial charge in [0.1, 0.15) is 17.4 Å². The van der Waals surface area contributed by atoms with Crippen molar-refractivity contribution in [2.45, 2.75) is 25.4 Å². The summed E-state index contributed by atoms with van der Waals surface area (Å²) in [6.45, 7) is 2.56. The van der Waals surface area contributed by atoms with Crippen LogP contribution in [0.4, 0.5) is 14.7 Å².